The Morgan fingerprint density at radius 1 is 1.17 bits per heavy atom. The van der Waals surface area contributed by atoms with E-state index in [-0.39, 0.29) is 6.42 Å². The standard InChI is InChI=1S/C8H19O9P/c1-2-6(16-4-17-18(13,14)15)8(12)7(11)5(10)3-9/h5-12H,2-4H2,1H3,(H2,13,14,15). The van der Waals surface area contributed by atoms with Crippen LogP contribution in [0.25, 0.3) is 0 Å². The molecule has 0 aromatic heterocycles. The van der Waals surface area contributed by atoms with E-state index in [4.69, 9.17) is 24.7 Å². The van der Waals surface area contributed by atoms with Crippen molar-refractivity contribution in [2.75, 3.05) is 13.4 Å². The van der Waals surface area contributed by atoms with E-state index < -0.39 is 45.6 Å². The third-order valence-electron chi connectivity index (χ3n) is 2.22. The first kappa shape index (κ1) is 17.9. The van der Waals surface area contributed by atoms with Gasteiger partial charge in [-0.3, -0.25) is 4.52 Å². The number of phosphoric ester groups is 1. The predicted octanol–water partition coefficient (Wildman–Crippen LogP) is -2.08. The molecule has 0 spiro atoms. The van der Waals surface area contributed by atoms with E-state index in [0.717, 1.165) is 0 Å². The van der Waals surface area contributed by atoms with Gasteiger partial charge in [-0.1, -0.05) is 6.92 Å². The Hall–Kier alpha value is -0.0900. The molecule has 0 bridgehead atoms. The molecule has 0 aliphatic carbocycles. The van der Waals surface area contributed by atoms with Crippen LogP contribution in [-0.4, -0.2) is 68.0 Å². The number of ether oxygens (including phenoxy) is 1. The summed E-state index contributed by atoms with van der Waals surface area (Å²) in [5.41, 5.74) is 0. The topological polar surface area (TPSA) is 157 Å². The molecule has 4 atom stereocenters. The molecule has 18 heavy (non-hydrogen) atoms. The Labute approximate surface area is 104 Å². The number of hydrogen-bond donors (Lipinski definition) is 6. The first-order valence-corrected chi connectivity index (χ1v) is 6.72. The van der Waals surface area contributed by atoms with Gasteiger partial charge in [0.05, 0.1) is 12.7 Å². The summed E-state index contributed by atoms with van der Waals surface area (Å²) in [4.78, 5) is 16.8. The second-order valence-corrected chi connectivity index (χ2v) is 4.82. The Morgan fingerprint density at radius 2 is 1.72 bits per heavy atom. The van der Waals surface area contributed by atoms with Gasteiger partial charge in [0.25, 0.3) is 0 Å². The van der Waals surface area contributed by atoms with Crippen LogP contribution in [0.2, 0.25) is 0 Å². The molecule has 0 heterocycles. The average molecular weight is 290 g/mol. The molecule has 0 aromatic carbocycles. The lowest BCUT2D eigenvalue weighted by Gasteiger charge is -2.28. The van der Waals surface area contributed by atoms with E-state index in [2.05, 4.69) is 4.52 Å². The van der Waals surface area contributed by atoms with Crippen molar-refractivity contribution in [3.8, 4) is 0 Å². The van der Waals surface area contributed by atoms with Crippen molar-refractivity contribution < 1.29 is 44.0 Å². The van der Waals surface area contributed by atoms with Crippen LogP contribution in [0, 0.1) is 0 Å². The van der Waals surface area contributed by atoms with Crippen molar-refractivity contribution in [1.29, 1.82) is 0 Å². The maximum absolute atomic E-state index is 10.4. The fourth-order valence-corrected chi connectivity index (χ4v) is 1.40. The number of aliphatic hydroxyl groups excluding tert-OH is 4. The van der Waals surface area contributed by atoms with Crippen LogP contribution < -0.4 is 0 Å². The molecule has 110 valence electrons. The molecule has 0 radical (unpaired) electrons. The highest BCUT2D eigenvalue weighted by Crippen LogP contribution is 2.35. The molecule has 0 amide bonds. The van der Waals surface area contributed by atoms with Gasteiger partial charge in [0.2, 0.25) is 0 Å². The van der Waals surface area contributed by atoms with E-state index in [0.29, 0.717) is 0 Å². The summed E-state index contributed by atoms with van der Waals surface area (Å²) in [6, 6.07) is 0. The Balaban J connectivity index is 4.27. The quantitative estimate of drug-likeness (QED) is 0.207. The smallest absolute Gasteiger partial charge is 0.394 e. The predicted molar refractivity (Wildman–Crippen MR) is 58.3 cm³/mol. The minimum Gasteiger partial charge on any atom is -0.394 e. The lowest BCUT2D eigenvalue weighted by molar-refractivity contribution is -0.151. The van der Waals surface area contributed by atoms with Gasteiger partial charge in [0.15, 0.2) is 6.79 Å². The highest BCUT2D eigenvalue weighted by Gasteiger charge is 2.31. The van der Waals surface area contributed by atoms with Crippen molar-refractivity contribution in [1.82, 2.24) is 0 Å². The van der Waals surface area contributed by atoms with Crippen molar-refractivity contribution in [3.05, 3.63) is 0 Å². The van der Waals surface area contributed by atoms with Gasteiger partial charge in [0.1, 0.15) is 18.3 Å². The Bertz CT molecular complexity index is 267. The molecule has 10 heteroatoms. The number of rotatable bonds is 9. The number of hydrogen-bond acceptors (Lipinski definition) is 7. The highest BCUT2D eigenvalue weighted by atomic mass is 31.2. The van der Waals surface area contributed by atoms with Crippen LogP contribution in [-0.2, 0) is 13.8 Å². The molecule has 0 aliphatic heterocycles. The first-order chi connectivity index (χ1) is 8.22. The molecule has 4 unspecified atom stereocenters. The summed E-state index contributed by atoms with van der Waals surface area (Å²) in [5, 5.41) is 36.8. The molecule has 0 saturated heterocycles. The fourth-order valence-electron chi connectivity index (χ4n) is 1.20. The van der Waals surface area contributed by atoms with Gasteiger partial charge in [-0.05, 0) is 6.42 Å². The van der Waals surface area contributed by atoms with E-state index in [1.807, 2.05) is 0 Å². The molecule has 6 N–H and O–H groups in total. The summed E-state index contributed by atoms with van der Waals surface area (Å²) in [6.45, 7) is 0.0683. The summed E-state index contributed by atoms with van der Waals surface area (Å²) < 4.78 is 19.2. The second-order valence-electron chi connectivity index (χ2n) is 3.58. The minimum atomic E-state index is -4.67. The zero-order valence-corrected chi connectivity index (χ0v) is 10.7. The highest BCUT2D eigenvalue weighted by molar-refractivity contribution is 7.46. The molecular weight excluding hydrogens is 271 g/mol. The largest absolute Gasteiger partial charge is 0.471 e. The van der Waals surface area contributed by atoms with Gasteiger partial charge in [-0.15, -0.1) is 0 Å². The first-order valence-electron chi connectivity index (χ1n) is 5.19. The zero-order chi connectivity index (χ0) is 14.3. The van der Waals surface area contributed by atoms with E-state index in [1.54, 1.807) is 6.92 Å². The molecule has 0 aliphatic rings. The molecular formula is C8H19O9P. The summed E-state index contributed by atoms with van der Waals surface area (Å²) in [5.74, 6) is 0. The van der Waals surface area contributed by atoms with Crippen molar-refractivity contribution in [2.45, 2.75) is 37.8 Å². The lowest BCUT2D eigenvalue weighted by atomic mass is 10.0. The van der Waals surface area contributed by atoms with Crippen molar-refractivity contribution in [2.24, 2.45) is 0 Å². The van der Waals surface area contributed by atoms with Crippen LogP contribution in [0.3, 0.4) is 0 Å². The molecule has 0 rings (SSSR count). The van der Waals surface area contributed by atoms with E-state index >= 15 is 0 Å². The van der Waals surface area contributed by atoms with Crippen LogP contribution >= 0.6 is 7.82 Å². The third kappa shape index (κ3) is 6.74. The van der Waals surface area contributed by atoms with Crippen LogP contribution in [0.1, 0.15) is 13.3 Å². The maximum Gasteiger partial charge on any atom is 0.471 e. The second kappa shape index (κ2) is 8.16. The Morgan fingerprint density at radius 3 is 2.11 bits per heavy atom. The molecule has 0 aromatic rings. The monoisotopic (exact) mass is 290 g/mol. The van der Waals surface area contributed by atoms with Crippen LogP contribution in [0.4, 0.5) is 0 Å². The van der Waals surface area contributed by atoms with E-state index in [1.165, 1.54) is 0 Å². The maximum atomic E-state index is 10.4. The molecule has 9 nitrogen and oxygen atoms in total. The van der Waals surface area contributed by atoms with Crippen molar-refractivity contribution in [3.63, 3.8) is 0 Å². The lowest BCUT2D eigenvalue weighted by Crippen LogP contribution is -2.46. The number of phosphoric acid groups is 1. The fraction of sp³-hybridized carbons (Fsp3) is 1.00. The minimum absolute atomic E-state index is 0.195. The molecule has 0 fully saturated rings. The van der Waals surface area contributed by atoms with Gasteiger partial charge in [-0.2, -0.15) is 0 Å². The number of aliphatic hydroxyl groups is 4. The van der Waals surface area contributed by atoms with E-state index in [9.17, 15) is 14.8 Å². The van der Waals surface area contributed by atoms with Gasteiger partial charge >= 0.3 is 7.82 Å². The summed E-state index contributed by atoms with van der Waals surface area (Å²) in [7, 11) is -4.67. The van der Waals surface area contributed by atoms with Gasteiger partial charge < -0.3 is 34.9 Å². The normalized spacial score (nSPS) is 19.3. The third-order valence-corrected chi connectivity index (χ3v) is 2.66. The van der Waals surface area contributed by atoms with Crippen LogP contribution in [0.15, 0.2) is 0 Å². The van der Waals surface area contributed by atoms with Crippen LogP contribution in [0.5, 0.6) is 0 Å². The van der Waals surface area contributed by atoms with Gasteiger partial charge in [-0.25, -0.2) is 4.57 Å². The summed E-state index contributed by atoms with van der Waals surface area (Å²) >= 11 is 0. The van der Waals surface area contributed by atoms with Crippen molar-refractivity contribution >= 4 is 7.82 Å². The zero-order valence-electron chi connectivity index (χ0n) is 9.79. The molecule has 0 saturated carbocycles. The SMILES string of the molecule is CCC(OCOP(=O)(O)O)C(O)C(O)C(O)CO. The summed E-state index contributed by atoms with van der Waals surface area (Å²) in [6.07, 6.45) is -5.53. The van der Waals surface area contributed by atoms with Gasteiger partial charge in [0, 0.05) is 0 Å². The average Bonchev–Trinajstić information content (AvgIpc) is 2.30. The Kier molecular flexibility index (Phi) is 8.11.